The SMILES string of the molecule is CNC1(C(=O)OC)CCCC(N2CCCC(C)C2C)C1. The Labute approximate surface area is 123 Å². The van der Waals surface area contributed by atoms with Crippen molar-refractivity contribution in [2.75, 3.05) is 20.7 Å². The first-order chi connectivity index (χ1) is 9.54. The van der Waals surface area contributed by atoms with E-state index in [0.717, 1.165) is 25.2 Å². The van der Waals surface area contributed by atoms with Gasteiger partial charge in [0, 0.05) is 12.1 Å². The highest BCUT2D eigenvalue weighted by Gasteiger charge is 2.45. The number of esters is 1. The fourth-order valence-corrected chi connectivity index (χ4v) is 4.12. The largest absolute Gasteiger partial charge is 0.468 e. The van der Waals surface area contributed by atoms with E-state index in [2.05, 4.69) is 24.1 Å². The van der Waals surface area contributed by atoms with Crippen molar-refractivity contribution in [1.82, 2.24) is 10.2 Å². The zero-order valence-corrected chi connectivity index (χ0v) is 13.4. The van der Waals surface area contributed by atoms with Crippen LogP contribution in [0.1, 0.15) is 52.4 Å². The Kier molecular flexibility index (Phi) is 5.08. The maximum atomic E-state index is 12.2. The molecule has 1 heterocycles. The molecule has 0 bridgehead atoms. The van der Waals surface area contributed by atoms with Gasteiger partial charge < -0.3 is 10.1 Å². The summed E-state index contributed by atoms with van der Waals surface area (Å²) in [6.45, 7) is 5.88. The second-order valence-corrected chi connectivity index (χ2v) is 6.67. The molecular weight excluding hydrogens is 252 g/mol. The molecular formula is C16H30N2O2. The van der Waals surface area contributed by atoms with E-state index < -0.39 is 5.54 Å². The van der Waals surface area contributed by atoms with Crippen LogP contribution < -0.4 is 5.32 Å². The molecule has 2 rings (SSSR count). The second kappa shape index (κ2) is 6.44. The van der Waals surface area contributed by atoms with Crippen LogP contribution in [-0.2, 0) is 9.53 Å². The Morgan fingerprint density at radius 3 is 2.70 bits per heavy atom. The predicted molar refractivity (Wildman–Crippen MR) is 80.6 cm³/mol. The number of likely N-dealkylation sites (N-methyl/N-ethyl adjacent to an activating group) is 1. The van der Waals surface area contributed by atoms with Crippen LogP contribution in [0.15, 0.2) is 0 Å². The molecule has 4 unspecified atom stereocenters. The van der Waals surface area contributed by atoms with E-state index in [0.29, 0.717) is 12.1 Å². The molecule has 2 aliphatic rings. The lowest BCUT2D eigenvalue weighted by Crippen LogP contribution is -2.59. The van der Waals surface area contributed by atoms with Crippen molar-refractivity contribution < 1.29 is 9.53 Å². The van der Waals surface area contributed by atoms with E-state index in [1.54, 1.807) is 0 Å². The lowest BCUT2D eigenvalue weighted by Gasteiger charge is -2.48. The van der Waals surface area contributed by atoms with Crippen molar-refractivity contribution in [2.24, 2.45) is 5.92 Å². The molecule has 0 amide bonds. The Balaban J connectivity index is 2.11. The summed E-state index contributed by atoms with van der Waals surface area (Å²) in [6.07, 6.45) is 6.69. The fourth-order valence-electron chi connectivity index (χ4n) is 4.12. The maximum Gasteiger partial charge on any atom is 0.326 e. The molecule has 1 saturated heterocycles. The minimum Gasteiger partial charge on any atom is -0.468 e. The number of methoxy groups -OCH3 is 1. The molecule has 1 aliphatic heterocycles. The van der Waals surface area contributed by atoms with Crippen LogP contribution >= 0.6 is 0 Å². The number of carbonyl (C=O) groups excluding carboxylic acids is 1. The van der Waals surface area contributed by atoms with Crippen LogP contribution in [0.3, 0.4) is 0 Å². The minimum atomic E-state index is -0.474. The zero-order chi connectivity index (χ0) is 14.8. The smallest absolute Gasteiger partial charge is 0.326 e. The summed E-state index contributed by atoms with van der Waals surface area (Å²) in [4.78, 5) is 14.8. The van der Waals surface area contributed by atoms with E-state index >= 15 is 0 Å². The van der Waals surface area contributed by atoms with E-state index in [4.69, 9.17) is 4.74 Å². The van der Waals surface area contributed by atoms with Crippen molar-refractivity contribution in [3.8, 4) is 0 Å². The van der Waals surface area contributed by atoms with Crippen molar-refractivity contribution in [2.45, 2.75) is 70.0 Å². The fraction of sp³-hybridized carbons (Fsp3) is 0.938. The Hall–Kier alpha value is -0.610. The van der Waals surface area contributed by atoms with Crippen molar-refractivity contribution in [1.29, 1.82) is 0 Å². The van der Waals surface area contributed by atoms with Gasteiger partial charge in [0.15, 0.2) is 0 Å². The van der Waals surface area contributed by atoms with Gasteiger partial charge in [-0.25, -0.2) is 0 Å². The molecule has 1 N–H and O–H groups in total. The standard InChI is InChI=1S/C16H30N2O2/c1-12-7-6-10-18(13(12)2)14-8-5-9-16(11-14,17-3)15(19)20-4/h12-14,17H,5-11H2,1-4H3. The highest BCUT2D eigenvalue weighted by molar-refractivity contribution is 5.81. The summed E-state index contributed by atoms with van der Waals surface area (Å²) in [6, 6.07) is 1.13. The lowest BCUT2D eigenvalue weighted by molar-refractivity contribution is -0.151. The molecule has 1 aliphatic carbocycles. The molecule has 4 nitrogen and oxygen atoms in total. The van der Waals surface area contributed by atoms with Crippen LogP contribution in [0.5, 0.6) is 0 Å². The number of rotatable bonds is 3. The number of ether oxygens (including phenoxy) is 1. The number of piperidine rings is 1. The average Bonchev–Trinajstić information content (AvgIpc) is 2.49. The van der Waals surface area contributed by atoms with Crippen molar-refractivity contribution in [3.63, 3.8) is 0 Å². The van der Waals surface area contributed by atoms with Gasteiger partial charge in [-0.05, 0) is 65.0 Å². The monoisotopic (exact) mass is 282 g/mol. The lowest BCUT2D eigenvalue weighted by atomic mass is 9.77. The molecule has 4 atom stereocenters. The van der Waals surface area contributed by atoms with Crippen LogP contribution in [0.4, 0.5) is 0 Å². The van der Waals surface area contributed by atoms with Gasteiger partial charge in [0.1, 0.15) is 5.54 Å². The van der Waals surface area contributed by atoms with Gasteiger partial charge in [0.05, 0.1) is 7.11 Å². The molecule has 116 valence electrons. The number of hydrogen-bond donors (Lipinski definition) is 1. The first-order valence-corrected chi connectivity index (χ1v) is 8.07. The highest BCUT2D eigenvalue weighted by atomic mass is 16.5. The van der Waals surface area contributed by atoms with Crippen molar-refractivity contribution in [3.05, 3.63) is 0 Å². The first kappa shape index (κ1) is 15.8. The van der Waals surface area contributed by atoms with E-state index in [9.17, 15) is 4.79 Å². The Morgan fingerprint density at radius 2 is 2.05 bits per heavy atom. The number of likely N-dealkylation sites (tertiary alicyclic amines) is 1. The van der Waals surface area contributed by atoms with Gasteiger partial charge in [-0.2, -0.15) is 0 Å². The Morgan fingerprint density at radius 1 is 1.30 bits per heavy atom. The number of carbonyl (C=O) groups is 1. The van der Waals surface area contributed by atoms with Crippen molar-refractivity contribution >= 4 is 5.97 Å². The third-order valence-corrected chi connectivity index (χ3v) is 5.67. The average molecular weight is 282 g/mol. The van der Waals surface area contributed by atoms with Crippen LogP contribution in [0.25, 0.3) is 0 Å². The first-order valence-electron chi connectivity index (χ1n) is 8.07. The topological polar surface area (TPSA) is 41.6 Å². The third kappa shape index (κ3) is 2.86. The number of nitrogens with one attached hydrogen (secondary N) is 1. The number of hydrogen-bond acceptors (Lipinski definition) is 4. The van der Waals surface area contributed by atoms with Crippen LogP contribution in [0.2, 0.25) is 0 Å². The Bertz CT molecular complexity index is 347. The van der Waals surface area contributed by atoms with Gasteiger partial charge in [0.2, 0.25) is 0 Å². The predicted octanol–water partition coefficient (Wildman–Crippen LogP) is 2.18. The van der Waals surface area contributed by atoms with Crippen LogP contribution in [-0.4, -0.2) is 49.2 Å². The molecule has 0 radical (unpaired) electrons. The summed E-state index contributed by atoms with van der Waals surface area (Å²) in [5.74, 6) is 0.662. The minimum absolute atomic E-state index is 0.0950. The van der Waals surface area contributed by atoms with E-state index in [-0.39, 0.29) is 5.97 Å². The summed E-state index contributed by atoms with van der Waals surface area (Å²) >= 11 is 0. The molecule has 20 heavy (non-hydrogen) atoms. The number of nitrogens with zero attached hydrogens (tertiary/aromatic N) is 1. The zero-order valence-electron chi connectivity index (χ0n) is 13.4. The third-order valence-electron chi connectivity index (χ3n) is 5.67. The molecule has 0 spiro atoms. The molecule has 1 saturated carbocycles. The van der Waals surface area contributed by atoms with Gasteiger partial charge in [0.25, 0.3) is 0 Å². The van der Waals surface area contributed by atoms with Crippen LogP contribution in [0, 0.1) is 5.92 Å². The molecule has 0 aromatic heterocycles. The summed E-state index contributed by atoms with van der Waals surface area (Å²) < 4.78 is 5.05. The normalized spacial score (nSPS) is 39.5. The summed E-state index contributed by atoms with van der Waals surface area (Å²) in [7, 11) is 3.39. The van der Waals surface area contributed by atoms with E-state index in [1.165, 1.54) is 32.9 Å². The van der Waals surface area contributed by atoms with Gasteiger partial charge in [-0.3, -0.25) is 9.69 Å². The molecule has 2 fully saturated rings. The van der Waals surface area contributed by atoms with Gasteiger partial charge >= 0.3 is 5.97 Å². The second-order valence-electron chi connectivity index (χ2n) is 6.67. The highest BCUT2D eigenvalue weighted by Crippen LogP contribution is 2.35. The maximum absolute atomic E-state index is 12.2. The summed E-state index contributed by atoms with van der Waals surface area (Å²) in [5, 5.41) is 3.26. The quantitative estimate of drug-likeness (QED) is 0.806. The summed E-state index contributed by atoms with van der Waals surface area (Å²) in [5.41, 5.74) is -0.474. The molecule has 0 aromatic rings. The van der Waals surface area contributed by atoms with Gasteiger partial charge in [-0.1, -0.05) is 6.92 Å². The molecule has 0 aromatic carbocycles. The van der Waals surface area contributed by atoms with Gasteiger partial charge in [-0.15, -0.1) is 0 Å². The van der Waals surface area contributed by atoms with E-state index in [1.807, 2.05) is 7.05 Å². The molecule has 4 heteroatoms.